The van der Waals surface area contributed by atoms with Crippen molar-refractivity contribution in [2.45, 2.75) is 45.8 Å². The Balaban J connectivity index is 1.87. The first kappa shape index (κ1) is 11.7. The molecule has 2 fully saturated rings. The van der Waals surface area contributed by atoms with E-state index in [1.54, 1.807) is 4.90 Å². The summed E-state index contributed by atoms with van der Waals surface area (Å²) in [4.78, 5) is 13.6. The van der Waals surface area contributed by atoms with Crippen LogP contribution in [0.3, 0.4) is 0 Å². The first-order valence-corrected chi connectivity index (χ1v) is 5.88. The van der Waals surface area contributed by atoms with Gasteiger partial charge < -0.3 is 15.0 Å². The minimum absolute atomic E-state index is 0.158. The minimum atomic E-state index is -0.396. The van der Waals surface area contributed by atoms with E-state index in [0.717, 1.165) is 19.6 Å². The molecule has 0 aromatic heterocycles. The molecular formula is C12H22N2O2. The number of hydrogen-bond acceptors (Lipinski definition) is 3. The molecule has 0 aromatic rings. The molecule has 16 heavy (non-hydrogen) atoms. The van der Waals surface area contributed by atoms with Gasteiger partial charge in [-0.15, -0.1) is 0 Å². The second kappa shape index (κ2) is 3.13. The van der Waals surface area contributed by atoms with Crippen LogP contribution in [0.15, 0.2) is 0 Å². The molecule has 1 spiro atoms. The zero-order chi connectivity index (χ0) is 12.2. The molecule has 2 saturated heterocycles. The van der Waals surface area contributed by atoms with Gasteiger partial charge in [-0.1, -0.05) is 0 Å². The maximum atomic E-state index is 11.8. The van der Waals surface area contributed by atoms with Gasteiger partial charge in [-0.2, -0.15) is 0 Å². The Kier molecular flexibility index (Phi) is 2.29. The molecule has 0 radical (unpaired) electrons. The van der Waals surface area contributed by atoms with Crippen LogP contribution in [0.25, 0.3) is 0 Å². The van der Waals surface area contributed by atoms with Gasteiger partial charge in [0.15, 0.2) is 0 Å². The quantitative estimate of drug-likeness (QED) is 0.682. The second-order valence-corrected chi connectivity index (χ2v) is 6.60. The van der Waals surface area contributed by atoms with Gasteiger partial charge in [0.1, 0.15) is 5.60 Å². The molecule has 0 aliphatic carbocycles. The molecule has 92 valence electrons. The van der Waals surface area contributed by atoms with Crippen LogP contribution in [-0.2, 0) is 4.74 Å². The number of amides is 1. The van der Waals surface area contributed by atoms with Crippen molar-refractivity contribution in [3.63, 3.8) is 0 Å². The Bertz CT molecular complexity index is 311. The van der Waals surface area contributed by atoms with Crippen molar-refractivity contribution in [1.29, 1.82) is 0 Å². The van der Waals surface area contributed by atoms with Gasteiger partial charge in [-0.05, 0) is 34.6 Å². The fourth-order valence-electron chi connectivity index (χ4n) is 2.34. The molecule has 1 N–H and O–H groups in total. The van der Waals surface area contributed by atoms with Crippen molar-refractivity contribution in [2.24, 2.45) is 5.41 Å². The molecule has 0 saturated carbocycles. The van der Waals surface area contributed by atoms with Crippen LogP contribution >= 0.6 is 0 Å². The summed E-state index contributed by atoms with van der Waals surface area (Å²) in [5.74, 6) is 0. The summed E-state index contributed by atoms with van der Waals surface area (Å²) < 4.78 is 5.34. The van der Waals surface area contributed by atoms with E-state index in [4.69, 9.17) is 4.74 Å². The number of nitrogens with zero attached hydrogens (tertiary/aromatic N) is 1. The number of nitrogens with one attached hydrogen (secondary N) is 1. The van der Waals surface area contributed by atoms with Crippen LogP contribution in [0.4, 0.5) is 4.79 Å². The summed E-state index contributed by atoms with van der Waals surface area (Å²) in [6, 6.07) is 0. The zero-order valence-electron chi connectivity index (χ0n) is 10.9. The van der Waals surface area contributed by atoms with Gasteiger partial charge in [0.05, 0.1) is 0 Å². The lowest BCUT2D eigenvalue weighted by molar-refractivity contribution is -0.117. The fraction of sp³-hybridized carbons (Fsp3) is 0.917. The van der Waals surface area contributed by atoms with Gasteiger partial charge in [0.2, 0.25) is 0 Å². The lowest BCUT2D eigenvalue weighted by Crippen LogP contribution is -2.82. The molecule has 0 aromatic carbocycles. The van der Waals surface area contributed by atoms with Crippen LogP contribution in [0, 0.1) is 5.41 Å². The smallest absolute Gasteiger partial charge is 0.410 e. The Labute approximate surface area is 97.3 Å². The molecule has 2 heterocycles. The molecule has 0 unspecified atom stereocenters. The third-order valence-corrected chi connectivity index (χ3v) is 3.83. The van der Waals surface area contributed by atoms with Crippen LogP contribution < -0.4 is 5.32 Å². The fourth-order valence-corrected chi connectivity index (χ4v) is 2.34. The van der Waals surface area contributed by atoms with E-state index < -0.39 is 5.60 Å². The largest absolute Gasteiger partial charge is 0.444 e. The summed E-state index contributed by atoms with van der Waals surface area (Å²) >= 11 is 0. The molecule has 4 heteroatoms. The monoisotopic (exact) mass is 226 g/mol. The van der Waals surface area contributed by atoms with Crippen LogP contribution in [-0.4, -0.2) is 41.8 Å². The van der Waals surface area contributed by atoms with Gasteiger partial charge in [-0.25, -0.2) is 4.79 Å². The molecular weight excluding hydrogens is 204 g/mol. The minimum Gasteiger partial charge on any atom is -0.444 e. The number of likely N-dealkylation sites (tertiary alicyclic amines) is 1. The third kappa shape index (κ3) is 1.69. The highest BCUT2D eigenvalue weighted by atomic mass is 16.6. The van der Waals surface area contributed by atoms with Crippen LogP contribution in [0.2, 0.25) is 0 Å². The summed E-state index contributed by atoms with van der Waals surface area (Å²) in [5.41, 5.74) is 0.0443. The highest BCUT2D eigenvalue weighted by Gasteiger charge is 2.61. The predicted octanol–water partition coefficient (Wildman–Crippen LogP) is 1.61. The van der Waals surface area contributed by atoms with E-state index in [1.807, 2.05) is 20.8 Å². The average Bonchev–Trinajstić information content (AvgIpc) is 1.96. The third-order valence-electron chi connectivity index (χ3n) is 3.83. The number of carbonyl (C=O) groups excluding carboxylic acids is 1. The maximum Gasteiger partial charge on any atom is 0.410 e. The van der Waals surface area contributed by atoms with Crippen molar-refractivity contribution >= 4 is 6.09 Å². The summed E-state index contributed by atoms with van der Waals surface area (Å²) in [7, 11) is 0. The number of hydrogen-bond donors (Lipinski definition) is 1. The summed E-state index contributed by atoms with van der Waals surface area (Å²) in [6.07, 6.45) is -0.180. The van der Waals surface area contributed by atoms with Crippen molar-refractivity contribution in [3.05, 3.63) is 0 Å². The number of rotatable bonds is 0. The molecule has 2 aliphatic heterocycles. The molecule has 0 bridgehead atoms. The molecule has 0 atom stereocenters. The van der Waals surface area contributed by atoms with Gasteiger partial charge in [-0.3, -0.25) is 0 Å². The van der Waals surface area contributed by atoms with Gasteiger partial charge in [0, 0.05) is 30.6 Å². The molecule has 4 nitrogen and oxygen atoms in total. The van der Waals surface area contributed by atoms with Crippen LogP contribution in [0.1, 0.15) is 34.6 Å². The van der Waals surface area contributed by atoms with E-state index in [9.17, 15) is 4.79 Å². The van der Waals surface area contributed by atoms with E-state index >= 15 is 0 Å². The maximum absolute atomic E-state index is 11.8. The zero-order valence-corrected chi connectivity index (χ0v) is 10.9. The van der Waals surface area contributed by atoms with E-state index in [0.29, 0.717) is 0 Å². The second-order valence-electron chi connectivity index (χ2n) is 6.60. The molecule has 1 amide bonds. The Morgan fingerprint density at radius 3 is 2.19 bits per heavy atom. The van der Waals surface area contributed by atoms with Gasteiger partial charge in [0.25, 0.3) is 0 Å². The van der Waals surface area contributed by atoms with Crippen molar-refractivity contribution in [2.75, 3.05) is 19.6 Å². The first-order valence-electron chi connectivity index (χ1n) is 5.88. The molecule has 2 rings (SSSR count). The topological polar surface area (TPSA) is 41.6 Å². The Hall–Kier alpha value is -0.770. The highest BCUT2D eigenvalue weighted by Crippen LogP contribution is 2.46. The molecule has 2 aliphatic rings. The van der Waals surface area contributed by atoms with E-state index in [2.05, 4.69) is 19.2 Å². The predicted molar refractivity (Wildman–Crippen MR) is 62.3 cm³/mol. The summed E-state index contributed by atoms with van der Waals surface area (Å²) in [5, 5.41) is 3.41. The Morgan fingerprint density at radius 1 is 1.31 bits per heavy atom. The summed E-state index contributed by atoms with van der Waals surface area (Å²) in [6.45, 7) is 12.7. The van der Waals surface area contributed by atoms with Crippen molar-refractivity contribution in [3.8, 4) is 0 Å². The normalized spacial score (nSPS) is 25.9. The standard InChI is InChI=1S/C12H22N2O2/c1-10(2,3)16-9(15)14-7-12(8-14)6-13-11(12,4)5/h13H,6-8H2,1-5H3. The number of carbonyl (C=O) groups is 1. The highest BCUT2D eigenvalue weighted by molar-refractivity contribution is 5.69. The lowest BCUT2D eigenvalue weighted by atomic mass is 9.60. The number of ether oxygens (including phenoxy) is 1. The lowest BCUT2D eigenvalue weighted by Gasteiger charge is -2.65. The Morgan fingerprint density at radius 2 is 1.88 bits per heavy atom. The van der Waals surface area contributed by atoms with Crippen LogP contribution in [0.5, 0.6) is 0 Å². The van der Waals surface area contributed by atoms with E-state index in [-0.39, 0.29) is 17.0 Å². The van der Waals surface area contributed by atoms with Gasteiger partial charge >= 0.3 is 6.09 Å². The van der Waals surface area contributed by atoms with E-state index in [1.165, 1.54) is 0 Å². The first-order chi connectivity index (χ1) is 7.15. The average molecular weight is 226 g/mol. The van der Waals surface area contributed by atoms with Crippen molar-refractivity contribution in [1.82, 2.24) is 10.2 Å². The SMILES string of the molecule is CC(C)(C)OC(=O)N1CC2(CNC2(C)C)C1. The van der Waals surface area contributed by atoms with Crippen molar-refractivity contribution < 1.29 is 9.53 Å².